The summed E-state index contributed by atoms with van der Waals surface area (Å²) in [5.74, 6) is 0.482. The molecule has 1 saturated carbocycles. The van der Waals surface area contributed by atoms with Gasteiger partial charge in [0.05, 0.1) is 0 Å². The zero-order chi connectivity index (χ0) is 12.4. The van der Waals surface area contributed by atoms with Gasteiger partial charge in [-0.2, -0.15) is 0 Å². The fourth-order valence-electron chi connectivity index (χ4n) is 1.96. The lowest BCUT2D eigenvalue weighted by Crippen LogP contribution is -2.33. The summed E-state index contributed by atoms with van der Waals surface area (Å²) in [6.45, 7) is 2.15. The van der Waals surface area contributed by atoms with E-state index < -0.39 is 0 Å². The van der Waals surface area contributed by atoms with Gasteiger partial charge in [0.25, 0.3) is 5.56 Å². The molecule has 2 rings (SSSR count). The van der Waals surface area contributed by atoms with Crippen molar-refractivity contribution in [3.05, 3.63) is 28.7 Å². The molecule has 1 fully saturated rings. The number of nitrogen functional groups attached to an aromatic ring is 1. The first-order chi connectivity index (χ1) is 8.10. The van der Waals surface area contributed by atoms with Crippen LogP contribution in [-0.2, 0) is 11.3 Å². The van der Waals surface area contributed by atoms with Gasteiger partial charge in [-0.15, -0.1) is 0 Å². The van der Waals surface area contributed by atoms with E-state index in [-0.39, 0.29) is 18.0 Å². The average molecular weight is 235 g/mol. The molecule has 1 amide bonds. The molecule has 5 nitrogen and oxygen atoms in total. The highest BCUT2D eigenvalue weighted by molar-refractivity contribution is 5.76. The minimum Gasteiger partial charge on any atom is -0.398 e. The Hall–Kier alpha value is -1.78. The smallest absolute Gasteiger partial charge is 0.251 e. The summed E-state index contributed by atoms with van der Waals surface area (Å²) in [6.07, 6.45) is 3.63. The third-order valence-corrected chi connectivity index (χ3v) is 3.11. The van der Waals surface area contributed by atoms with E-state index >= 15 is 0 Å². The molecule has 3 N–H and O–H groups in total. The lowest BCUT2D eigenvalue weighted by molar-refractivity contribution is -0.121. The number of amides is 1. The van der Waals surface area contributed by atoms with Crippen LogP contribution in [0.5, 0.6) is 0 Å². The maximum atomic E-state index is 11.7. The maximum absolute atomic E-state index is 11.7. The molecule has 17 heavy (non-hydrogen) atoms. The van der Waals surface area contributed by atoms with Crippen LogP contribution in [0.3, 0.4) is 0 Å². The van der Waals surface area contributed by atoms with Crippen molar-refractivity contribution >= 4 is 11.6 Å². The summed E-state index contributed by atoms with van der Waals surface area (Å²) in [5, 5.41) is 2.91. The van der Waals surface area contributed by atoms with Crippen LogP contribution in [0.25, 0.3) is 0 Å². The molecule has 92 valence electrons. The molecule has 0 bridgehead atoms. The second-order valence-corrected chi connectivity index (χ2v) is 4.51. The van der Waals surface area contributed by atoms with Crippen molar-refractivity contribution in [3.63, 3.8) is 0 Å². The van der Waals surface area contributed by atoms with Gasteiger partial charge in [0.2, 0.25) is 5.91 Å². The van der Waals surface area contributed by atoms with Crippen molar-refractivity contribution in [2.75, 3.05) is 5.73 Å². The molecule has 0 aromatic carbocycles. The van der Waals surface area contributed by atoms with E-state index in [1.165, 1.54) is 22.9 Å². The number of nitrogens with one attached hydrogen (secondary N) is 1. The van der Waals surface area contributed by atoms with Crippen LogP contribution >= 0.6 is 0 Å². The summed E-state index contributed by atoms with van der Waals surface area (Å²) in [5.41, 5.74) is 5.84. The first kappa shape index (κ1) is 11.7. The number of carbonyl (C=O) groups excluding carboxylic acids is 1. The van der Waals surface area contributed by atoms with Crippen LogP contribution in [0, 0.1) is 5.92 Å². The highest BCUT2D eigenvalue weighted by Crippen LogP contribution is 2.32. The minimum atomic E-state index is -0.211. The van der Waals surface area contributed by atoms with Gasteiger partial charge >= 0.3 is 0 Å². The first-order valence-electron chi connectivity index (χ1n) is 5.85. The minimum absolute atomic E-state index is 0.0385. The first-order valence-corrected chi connectivity index (χ1v) is 5.85. The predicted octanol–water partition coefficient (Wildman–Crippen LogP) is 0.345. The average Bonchev–Trinajstić information content (AvgIpc) is 3.02. The van der Waals surface area contributed by atoms with Crippen molar-refractivity contribution in [2.24, 2.45) is 5.92 Å². The number of nitrogens with zero attached hydrogens (tertiary/aromatic N) is 1. The zero-order valence-electron chi connectivity index (χ0n) is 9.85. The number of anilines is 1. The van der Waals surface area contributed by atoms with Crippen LogP contribution in [0.2, 0.25) is 0 Å². The largest absolute Gasteiger partial charge is 0.398 e. The number of aromatic nitrogens is 1. The Balaban J connectivity index is 1.94. The van der Waals surface area contributed by atoms with Gasteiger partial charge in [-0.25, -0.2) is 0 Å². The van der Waals surface area contributed by atoms with Crippen LogP contribution < -0.4 is 16.6 Å². The van der Waals surface area contributed by atoms with Gasteiger partial charge in [-0.1, -0.05) is 13.3 Å². The third kappa shape index (κ3) is 2.87. The second-order valence-electron chi connectivity index (χ2n) is 4.51. The summed E-state index contributed by atoms with van der Waals surface area (Å²) < 4.78 is 1.33. The van der Waals surface area contributed by atoms with Gasteiger partial charge in [0, 0.05) is 24.0 Å². The van der Waals surface area contributed by atoms with E-state index in [0.717, 1.165) is 12.8 Å². The van der Waals surface area contributed by atoms with Crippen molar-refractivity contribution in [3.8, 4) is 0 Å². The molecule has 2 unspecified atom stereocenters. The fourth-order valence-corrected chi connectivity index (χ4v) is 1.96. The normalized spacial score (nSPS) is 22.2. The van der Waals surface area contributed by atoms with E-state index in [0.29, 0.717) is 17.6 Å². The van der Waals surface area contributed by atoms with Crippen LogP contribution in [0.4, 0.5) is 5.69 Å². The van der Waals surface area contributed by atoms with Gasteiger partial charge in [0.15, 0.2) is 0 Å². The topological polar surface area (TPSA) is 77.1 Å². The molecule has 5 heteroatoms. The van der Waals surface area contributed by atoms with Crippen molar-refractivity contribution in [2.45, 2.75) is 32.4 Å². The lowest BCUT2D eigenvalue weighted by atomic mass is 10.3. The van der Waals surface area contributed by atoms with Crippen LogP contribution in [-0.4, -0.2) is 16.5 Å². The molecule has 2 atom stereocenters. The highest BCUT2D eigenvalue weighted by Gasteiger charge is 2.36. The Labute approximate surface area is 99.6 Å². The molecule has 1 aliphatic rings. The van der Waals surface area contributed by atoms with Gasteiger partial charge < -0.3 is 15.6 Å². The quantitative estimate of drug-likeness (QED) is 0.790. The summed E-state index contributed by atoms with van der Waals surface area (Å²) in [6, 6.07) is 3.20. The van der Waals surface area contributed by atoms with Crippen LogP contribution in [0.15, 0.2) is 23.1 Å². The van der Waals surface area contributed by atoms with Crippen molar-refractivity contribution in [1.29, 1.82) is 0 Å². The number of nitrogens with two attached hydrogens (primary N) is 1. The van der Waals surface area contributed by atoms with Crippen molar-refractivity contribution < 1.29 is 4.79 Å². The number of carbonyl (C=O) groups is 1. The molecule has 1 aromatic heterocycles. The molecule has 0 saturated heterocycles. The third-order valence-electron chi connectivity index (χ3n) is 3.11. The Morgan fingerprint density at radius 3 is 3.00 bits per heavy atom. The van der Waals surface area contributed by atoms with Gasteiger partial charge in [-0.3, -0.25) is 9.59 Å². The molecule has 0 aliphatic heterocycles. The number of pyridine rings is 1. The van der Waals surface area contributed by atoms with Crippen LogP contribution in [0.1, 0.15) is 19.8 Å². The molecule has 1 heterocycles. The van der Waals surface area contributed by atoms with E-state index in [2.05, 4.69) is 12.2 Å². The highest BCUT2D eigenvalue weighted by atomic mass is 16.2. The molecule has 1 aliphatic carbocycles. The maximum Gasteiger partial charge on any atom is 0.251 e. The van der Waals surface area contributed by atoms with Gasteiger partial charge in [0.1, 0.15) is 6.54 Å². The summed E-state index contributed by atoms with van der Waals surface area (Å²) in [7, 11) is 0. The predicted molar refractivity (Wildman–Crippen MR) is 65.4 cm³/mol. The van der Waals surface area contributed by atoms with Crippen molar-refractivity contribution in [1.82, 2.24) is 9.88 Å². The zero-order valence-corrected chi connectivity index (χ0v) is 9.85. The molecule has 1 aromatic rings. The summed E-state index contributed by atoms with van der Waals surface area (Å²) in [4.78, 5) is 23.1. The SMILES string of the molecule is CCC1CC1NC(=O)Cn1cc(N)ccc1=O. The fraction of sp³-hybridized carbons (Fsp3) is 0.500. The number of hydrogen-bond donors (Lipinski definition) is 2. The Kier molecular flexibility index (Phi) is 3.17. The Morgan fingerprint density at radius 1 is 1.59 bits per heavy atom. The second kappa shape index (κ2) is 4.61. The summed E-state index contributed by atoms with van der Waals surface area (Å²) >= 11 is 0. The number of rotatable bonds is 4. The Morgan fingerprint density at radius 2 is 2.35 bits per heavy atom. The molecular weight excluding hydrogens is 218 g/mol. The molecule has 0 radical (unpaired) electrons. The van der Waals surface area contributed by atoms with E-state index in [9.17, 15) is 9.59 Å². The van der Waals surface area contributed by atoms with E-state index in [4.69, 9.17) is 5.73 Å². The monoisotopic (exact) mass is 235 g/mol. The molecule has 0 spiro atoms. The molecular formula is C12H17N3O2. The standard InChI is InChI=1S/C12H17N3O2/c1-2-8-5-10(8)14-11(16)7-15-6-9(13)3-4-12(15)17/h3-4,6,8,10H,2,5,7,13H2,1H3,(H,14,16). The van der Waals surface area contributed by atoms with E-state index in [1.807, 2.05) is 0 Å². The number of hydrogen-bond acceptors (Lipinski definition) is 3. The van der Waals surface area contributed by atoms with Gasteiger partial charge in [-0.05, 0) is 18.4 Å². The van der Waals surface area contributed by atoms with E-state index in [1.54, 1.807) is 0 Å². The Bertz CT molecular complexity index is 481. The lowest BCUT2D eigenvalue weighted by Gasteiger charge is -2.07.